The molecule has 0 spiro atoms. The quantitative estimate of drug-likeness (QED) is 0.856. The van der Waals surface area contributed by atoms with E-state index in [2.05, 4.69) is 15.1 Å². The number of alkyl halides is 3. The van der Waals surface area contributed by atoms with Gasteiger partial charge in [-0.3, -0.25) is 0 Å². The SMILES string of the molecule is Cc1cc(C(F)(F)F)cc(O)c1-c1cc2c(nn1)N(CC1CC(O)C1)CC2. The topological polar surface area (TPSA) is 69.5 Å². The Kier molecular flexibility index (Phi) is 4.25. The number of aromatic hydroxyl groups is 1. The Bertz CT molecular complexity index is 856. The van der Waals surface area contributed by atoms with Gasteiger partial charge in [0.25, 0.3) is 0 Å². The molecule has 0 bridgehead atoms. The number of phenols is 1. The molecule has 5 nitrogen and oxygen atoms in total. The van der Waals surface area contributed by atoms with Gasteiger partial charge < -0.3 is 15.1 Å². The van der Waals surface area contributed by atoms with Crippen LogP contribution in [-0.2, 0) is 12.6 Å². The number of aryl methyl sites for hydroxylation is 1. The standard InChI is InChI=1S/C19H20F3N3O2/c1-10-4-13(19(20,21)22)8-16(27)17(10)15-7-12-2-3-25(18(12)24-23-15)9-11-5-14(26)6-11/h4,7-8,11,14,26-27H,2-3,5-6,9H2,1H3. The molecule has 1 saturated carbocycles. The number of aromatic nitrogens is 2. The molecule has 144 valence electrons. The maximum atomic E-state index is 12.9. The van der Waals surface area contributed by atoms with Crippen LogP contribution in [0.1, 0.15) is 29.5 Å². The lowest BCUT2D eigenvalue weighted by Crippen LogP contribution is -2.38. The second kappa shape index (κ2) is 6.37. The van der Waals surface area contributed by atoms with Crippen molar-refractivity contribution in [2.45, 2.75) is 38.5 Å². The summed E-state index contributed by atoms with van der Waals surface area (Å²) in [6.45, 7) is 3.15. The summed E-state index contributed by atoms with van der Waals surface area (Å²) in [4.78, 5) is 2.14. The highest BCUT2D eigenvalue weighted by Crippen LogP contribution is 2.40. The molecule has 0 unspecified atom stereocenters. The van der Waals surface area contributed by atoms with Crippen molar-refractivity contribution >= 4 is 5.82 Å². The third kappa shape index (κ3) is 3.34. The Hall–Kier alpha value is -2.35. The normalized spacial score (nSPS) is 21.9. The number of aliphatic hydroxyl groups excluding tert-OH is 1. The minimum Gasteiger partial charge on any atom is -0.507 e. The fraction of sp³-hybridized carbons (Fsp3) is 0.474. The zero-order valence-electron chi connectivity index (χ0n) is 14.8. The predicted octanol–water partition coefficient (Wildman–Crippen LogP) is 3.31. The molecule has 2 aliphatic rings. The van der Waals surface area contributed by atoms with Crippen molar-refractivity contribution in [1.82, 2.24) is 10.2 Å². The third-order valence-electron chi connectivity index (χ3n) is 5.39. The second-order valence-electron chi connectivity index (χ2n) is 7.45. The first-order valence-electron chi connectivity index (χ1n) is 8.93. The number of benzene rings is 1. The number of phenolic OH excluding ortho intramolecular Hbond substituents is 1. The Labute approximate surface area is 154 Å². The van der Waals surface area contributed by atoms with E-state index in [1.807, 2.05) is 0 Å². The Morgan fingerprint density at radius 3 is 2.56 bits per heavy atom. The maximum Gasteiger partial charge on any atom is 0.416 e. The lowest BCUT2D eigenvalue weighted by Gasteiger charge is -2.34. The molecular weight excluding hydrogens is 359 g/mol. The van der Waals surface area contributed by atoms with Crippen molar-refractivity contribution in [2.24, 2.45) is 5.92 Å². The van der Waals surface area contributed by atoms with Crippen molar-refractivity contribution in [3.8, 4) is 17.0 Å². The third-order valence-corrected chi connectivity index (χ3v) is 5.39. The van der Waals surface area contributed by atoms with Crippen LogP contribution in [0.5, 0.6) is 5.75 Å². The first-order valence-corrected chi connectivity index (χ1v) is 8.93. The Morgan fingerprint density at radius 1 is 1.19 bits per heavy atom. The van der Waals surface area contributed by atoms with E-state index >= 15 is 0 Å². The molecule has 0 amide bonds. The molecule has 1 aliphatic carbocycles. The van der Waals surface area contributed by atoms with Crippen LogP contribution in [0.15, 0.2) is 18.2 Å². The number of hydrogen-bond donors (Lipinski definition) is 2. The zero-order valence-corrected chi connectivity index (χ0v) is 14.8. The van der Waals surface area contributed by atoms with E-state index in [0.717, 1.165) is 55.9 Å². The zero-order chi connectivity index (χ0) is 19.3. The van der Waals surface area contributed by atoms with Crippen LogP contribution in [0.2, 0.25) is 0 Å². The van der Waals surface area contributed by atoms with Crippen LogP contribution >= 0.6 is 0 Å². The minimum absolute atomic E-state index is 0.198. The number of rotatable bonds is 3. The van der Waals surface area contributed by atoms with Gasteiger partial charge in [0.15, 0.2) is 5.82 Å². The van der Waals surface area contributed by atoms with E-state index < -0.39 is 17.5 Å². The van der Waals surface area contributed by atoms with Crippen molar-refractivity contribution in [1.29, 1.82) is 0 Å². The first-order chi connectivity index (χ1) is 12.7. The molecule has 2 heterocycles. The van der Waals surface area contributed by atoms with E-state index in [1.54, 1.807) is 6.07 Å². The highest BCUT2D eigenvalue weighted by Gasteiger charge is 2.33. The minimum atomic E-state index is -4.51. The number of hydrogen-bond acceptors (Lipinski definition) is 5. The summed E-state index contributed by atoms with van der Waals surface area (Å²) < 4.78 is 38.7. The van der Waals surface area contributed by atoms with Crippen LogP contribution in [-0.4, -0.2) is 39.6 Å². The number of nitrogens with zero attached hydrogens (tertiary/aromatic N) is 3. The fourth-order valence-corrected chi connectivity index (χ4v) is 3.96. The smallest absolute Gasteiger partial charge is 0.416 e. The van der Waals surface area contributed by atoms with Gasteiger partial charge in [0, 0.05) is 24.2 Å². The van der Waals surface area contributed by atoms with E-state index in [-0.39, 0.29) is 11.7 Å². The van der Waals surface area contributed by atoms with Gasteiger partial charge in [0.05, 0.1) is 17.4 Å². The maximum absolute atomic E-state index is 12.9. The van der Waals surface area contributed by atoms with E-state index in [9.17, 15) is 23.4 Å². The van der Waals surface area contributed by atoms with Crippen molar-refractivity contribution in [3.63, 3.8) is 0 Å². The van der Waals surface area contributed by atoms with E-state index in [0.29, 0.717) is 17.2 Å². The first kappa shape index (κ1) is 18.0. The van der Waals surface area contributed by atoms with Crippen molar-refractivity contribution in [2.75, 3.05) is 18.0 Å². The van der Waals surface area contributed by atoms with Gasteiger partial charge >= 0.3 is 6.18 Å². The summed E-state index contributed by atoms with van der Waals surface area (Å²) in [5, 5.41) is 28.1. The molecule has 1 aromatic heterocycles. The average Bonchev–Trinajstić information content (AvgIpc) is 2.94. The highest BCUT2D eigenvalue weighted by atomic mass is 19.4. The van der Waals surface area contributed by atoms with Gasteiger partial charge in [-0.05, 0) is 55.9 Å². The molecular formula is C19H20F3N3O2. The summed E-state index contributed by atoms with van der Waals surface area (Å²) in [7, 11) is 0. The summed E-state index contributed by atoms with van der Waals surface area (Å²) in [6, 6.07) is 3.54. The van der Waals surface area contributed by atoms with Crippen LogP contribution in [0.25, 0.3) is 11.3 Å². The van der Waals surface area contributed by atoms with E-state index in [4.69, 9.17) is 0 Å². The van der Waals surface area contributed by atoms with Crippen LogP contribution in [0.4, 0.5) is 19.0 Å². The molecule has 1 aromatic carbocycles. The van der Waals surface area contributed by atoms with Gasteiger partial charge in [-0.15, -0.1) is 10.2 Å². The molecule has 0 atom stereocenters. The van der Waals surface area contributed by atoms with Gasteiger partial charge in [0.1, 0.15) is 5.75 Å². The fourth-order valence-electron chi connectivity index (χ4n) is 3.96. The van der Waals surface area contributed by atoms with Crippen molar-refractivity contribution < 1.29 is 23.4 Å². The highest BCUT2D eigenvalue weighted by molar-refractivity contribution is 5.73. The lowest BCUT2D eigenvalue weighted by atomic mass is 9.82. The summed E-state index contributed by atoms with van der Waals surface area (Å²) in [5.74, 6) is 0.785. The summed E-state index contributed by atoms with van der Waals surface area (Å²) >= 11 is 0. The monoisotopic (exact) mass is 379 g/mol. The summed E-state index contributed by atoms with van der Waals surface area (Å²) in [5.41, 5.74) is 1.04. The van der Waals surface area contributed by atoms with Crippen LogP contribution in [0, 0.1) is 12.8 Å². The molecule has 4 rings (SSSR count). The molecule has 0 saturated heterocycles. The number of aliphatic hydroxyl groups is 1. The Balaban J connectivity index is 1.61. The van der Waals surface area contributed by atoms with Gasteiger partial charge in [-0.1, -0.05) is 0 Å². The number of fused-ring (bicyclic) bond motifs is 1. The second-order valence-corrected chi connectivity index (χ2v) is 7.45. The molecule has 27 heavy (non-hydrogen) atoms. The predicted molar refractivity (Wildman–Crippen MR) is 93.5 cm³/mol. The molecule has 8 heteroatoms. The van der Waals surface area contributed by atoms with Crippen LogP contribution in [0.3, 0.4) is 0 Å². The molecule has 1 fully saturated rings. The molecule has 2 N–H and O–H groups in total. The Morgan fingerprint density at radius 2 is 1.93 bits per heavy atom. The average molecular weight is 379 g/mol. The lowest BCUT2D eigenvalue weighted by molar-refractivity contribution is -0.137. The van der Waals surface area contributed by atoms with Gasteiger partial charge in [-0.2, -0.15) is 13.2 Å². The van der Waals surface area contributed by atoms with Crippen LogP contribution < -0.4 is 4.90 Å². The molecule has 2 aromatic rings. The number of anilines is 1. The summed E-state index contributed by atoms with van der Waals surface area (Å²) in [6.07, 6.45) is -2.34. The van der Waals surface area contributed by atoms with Crippen molar-refractivity contribution in [3.05, 3.63) is 34.9 Å². The molecule has 1 aliphatic heterocycles. The largest absolute Gasteiger partial charge is 0.507 e. The molecule has 0 radical (unpaired) electrons. The van der Waals surface area contributed by atoms with E-state index in [1.165, 1.54) is 6.92 Å². The van der Waals surface area contributed by atoms with Gasteiger partial charge in [0.2, 0.25) is 0 Å². The number of halogens is 3. The van der Waals surface area contributed by atoms with Gasteiger partial charge in [-0.25, -0.2) is 0 Å².